The molecule has 7 heteroatoms. The van der Waals surface area contributed by atoms with Crippen LogP contribution in [0.5, 0.6) is 5.75 Å². The van der Waals surface area contributed by atoms with Crippen LogP contribution in [0.25, 0.3) is 11.0 Å². The number of rotatable bonds is 3. The van der Waals surface area contributed by atoms with E-state index in [0.29, 0.717) is 27.5 Å². The van der Waals surface area contributed by atoms with Gasteiger partial charge in [-0.3, -0.25) is 20.4 Å². The summed E-state index contributed by atoms with van der Waals surface area (Å²) in [6, 6.07) is 11.7. The second-order valence-electron chi connectivity index (χ2n) is 5.34. The zero-order valence-electron chi connectivity index (χ0n) is 13.6. The molecule has 0 saturated heterocycles. The van der Waals surface area contributed by atoms with E-state index in [0.717, 1.165) is 5.39 Å². The molecule has 6 nitrogen and oxygen atoms in total. The van der Waals surface area contributed by atoms with Gasteiger partial charge >= 0.3 is 5.91 Å². The molecule has 0 aliphatic rings. The highest BCUT2D eigenvalue weighted by atomic mass is 35.5. The van der Waals surface area contributed by atoms with E-state index in [1.54, 1.807) is 50.4 Å². The van der Waals surface area contributed by atoms with Crippen molar-refractivity contribution in [1.82, 2.24) is 10.9 Å². The first-order chi connectivity index (χ1) is 12.0. The summed E-state index contributed by atoms with van der Waals surface area (Å²) in [5, 5.41) is 1.20. The van der Waals surface area contributed by atoms with Crippen LogP contribution < -0.4 is 15.6 Å². The molecule has 0 unspecified atom stereocenters. The number of halogens is 1. The average Bonchev–Trinajstić information content (AvgIpc) is 2.95. The maximum Gasteiger partial charge on any atom is 0.305 e. The van der Waals surface area contributed by atoms with Gasteiger partial charge in [0.25, 0.3) is 5.91 Å². The fraction of sp³-hybridized carbons (Fsp3) is 0.111. The maximum absolute atomic E-state index is 12.3. The lowest BCUT2D eigenvalue weighted by atomic mass is 10.1. The number of amides is 2. The zero-order valence-corrected chi connectivity index (χ0v) is 14.3. The number of hydrazine groups is 1. The molecule has 0 spiro atoms. The molecular weight excluding hydrogens is 344 g/mol. The molecule has 2 aromatic carbocycles. The normalized spacial score (nSPS) is 10.5. The monoisotopic (exact) mass is 358 g/mol. The molecule has 2 N–H and O–H groups in total. The number of nitrogens with one attached hydrogen (secondary N) is 2. The molecule has 0 saturated carbocycles. The summed E-state index contributed by atoms with van der Waals surface area (Å²) in [4.78, 5) is 24.4. The van der Waals surface area contributed by atoms with Crippen LogP contribution in [0, 0.1) is 6.92 Å². The summed E-state index contributed by atoms with van der Waals surface area (Å²) in [7, 11) is 1.57. The van der Waals surface area contributed by atoms with Crippen LogP contribution in [0.2, 0.25) is 5.02 Å². The van der Waals surface area contributed by atoms with Crippen molar-refractivity contribution in [3.63, 3.8) is 0 Å². The summed E-state index contributed by atoms with van der Waals surface area (Å²) in [6.07, 6.45) is 0. The Morgan fingerprint density at radius 3 is 2.56 bits per heavy atom. The molecule has 1 heterocycles. The Morgan fingerprint density at radius 1 is 1.08 bits per heavy atom. The largest absolute Gasteiger partial charge is 0.497 e. The standard InChI is InChI=1S/C18H15ClN2O4/c1-10-14-9-13(24-2)6-7-15(14)25-16(10)18(23)21-20-17(22)11-4-3-5-12(19)8-11/h3-9H,1-2H3,(H,20,22)(H,21,23). The van der Waals surface area contributed by atoms with Crippen molar-refractivity contribution in [2.24, 2.45) is 0 Å². The Hall–Kier alpha value is -2.99. The number of aryl methyl sites for hydroxylation is 1. The third kappa shape index (κ3) is 3.44. The highest BCUT2D eigenvalue weighted by Gasteiger charge is 2.19. The number of ether oxygens (including phenoxy) is 1. The zero-order chi connectivity index (χ0) is 18.0. The second kappa shape index (κ2) is 6.86. The van der Waals surface area contributed by atoms with Gasteiger partial charge in [0.2, 0.25) is 0 Å². The van der Waals surface area contributed by atoms with Crippen LogP contribution in [-0.4, -0.2) is 18.9 Å². The van der Waals surface area contributed by atoms with Gasteiger partial charge in [-0.05, 0) is 43.3 Å². The minimum Gasteiger partial charge on any atom is -0.497 e. The summed E-state index contributed by atoms with van der Waals surface area (Å²) in [6.45, 7) is 1.76. The highest BCUT2D eigenvalue weighted by molar-refractivity contribution is 6.31. The van der Waals surface area contributed by atoms with Gasteiger partial charge in [-0.1, -0.05) is 17.7 Å². The summed E-state index contributed by atoms with van der Waals surface area (Å²) < 4.78 is 10.8. The number of hydrogen-bond acceptors (Lipinski definition) is 4. The van der Waals surface area contributed by atoms with E-state index in [2.05, 4.69) is 10.9 Å². The van der Waals surface area contributed by atoms with Crippen molar-refractivity contribution < 1.29 is 18.7 Å². The third-order valence-electron chi connectivity index (χ3n) is 3.73. The van der Waals surface area contributed by atoms with E-state index in [-0.39, 0.29) is 5.76 Å². The van der Waals surface area contributed by atoms with E-state index < -0.39 is 11.8 Å². The number of hydrogen-bond donors (Lipinski definition) is 2. The molecule has 128 valence electrons. The predicted molar refractivity (Wildman–Crippen MR) is 93.9 cm³/mol. The SMILES string of the molecule is COc1ccc2oc(C(=O)NNC(=O)c3cccc(Cl)c3)c(C)c2c1. The van der Waals surface area contributed by atoms with E-state index in [1.165, 1.54) is 6.07 Å². The first-order valence-corrected chi connectivity index (χ1v) is 7.81. The molecule has 0 aliphatic heterocycles. The topological polar surface area (TPSA) is 80.6 Å². The Kier molecular flexibility index (Phi) is 4.63. The Morgan fingerprint density at radius 2 is 1.84 bits per heavy atom. The van der Waals surface area contributed by atoms with Crippen molar-refractivity contribution in [3.8, 4) is 5.75 Å². The number of benzene rings is 2. The van der Waals surface area contributed by atoms with Crippen molar-refractivity contribution in [1.29, 1.82) is 0 Å². The van der Waals surface area contributed by atoms with Crippen LogP contribution in [0.15, 0.2) is 46.9 Å². The first-order valence-electron chi connectivity index (χ1n) is 7.43. The van der Waals surface area contributed by atoms with Gasteiger partial charge < -0.3 is 9.15 Å². The third-order valence-corrected chi connectivity index (χ3v) is 3.96. The lowest BCUT2D eigenvalue weighted by Crippen LogP contribution is -2.41. The van der Waals surface area contributed by atoms with Gasteiger partial charge in [-0.2, -0.15) is 0 Å². The van der Waals surface area contributed by atoms with Crippen molar-refractivity contribution in [3.05, 3.63) is 64.4 Å². The summed E-state index contributed by atoms with van der Waals surface area (Å²) in [5.41, 5.74) is 6.23. The summed E-state index contributed by atoms with van der Waals surface area (Å²) in [5.74, 6) is -0.249. The number of methoxy groups -OCH3 is 1. The fourth-order valence-corrected chi connectivity index (χ4v) is 2.61. The van der Waals surface area contributed by atoms with Gasteiger partial charge in [-0.15, -0.1) is 0 Å². The van der Waals surface area contributed by atoms with Crippen molar-refractivity contribution in [2.75, 3.05) is 7.11 Å². The maximum atomic E-state index is 12.3. The summed E-state index contributed by atoms with van der Waals surface area (Å²) >= 11 is 5.85. The fourth-order valence-electron chi connectivity index (χ4n) is 2.42. The number of carbonyl (C=O) groups excluding carboxylic acids is 2. The lowest BCUT2D eigenvalue weighted by molar-refractivity contribution is 0.0831. The van der Waals surface area contributed by atoms with Gasteiger partial charge in [0.05, 0.1) is 7.11 Å². The van der Waals surface area contributed by atoms with E-state index in [1.807, 2.05) is 0 Å². The molecule has 0 atom stereocenters. The molecule has 1 aromatic heterocycles. The molecule has 0 radical (unpaired) electrons. The van der Waals surface area contributed by atoms with Crippen LogP contribution in [-0.2, 0) is 0 Å². The smallest absolute Gasteiger partial charge is 0.305 e. The average molecular weight is 359 g/mol. The van der Waals surface area contributed by atoms with Crippen LogP contribution in [0.3, 0.4) is 0 Å². The minimum atomic E-state index is -0.553. The molecular formula is C18H15ClN2O4. The number of carbonyl (C=O) groups is 2. The molecule has 3 rings (SSSR count). The molecule has 0 aliphatic carbocycles. The number of fused-ring (bicyclic) bond motifs is 1. The van der Waals surface area contributed by atoms with Crippen LogP contribution in [0.1, 0.15) is 26.5 Å². The Balaban J connectivity index is 1.76. The van der Waals surface area contributed by atoms with E-state index >= 15 is 0 Å². The van der Waals surface area contributed by atoms with E-state index in [4.69, 9.17) is 20.8 Å². The lowest BCUT2D eigenvalue weighted by Gasteiger charge is -2.06. The Bertz CT molecular complexity index is 965. The van der Waals surface area contributed by atoms with Crippen LogP contribution >= 0.6 is 11.6 Å². The molecule has 0 bridgehead atoms. The van der Waals surface area contributed by atoms with Gasteiger partial charge in [-0.25, -0.2) is 0 Å². The molecule has 3 aromatic rings. The van der Waals surface area contributed by atoms with Gasteiger partial charge in [0.15, 0.2) is 5.76 Å². The number of furan rings is 1. The molecule has 2 amide bonds. The highest BCUT2D eigenvalue weighted by Crippen LogP contribution is 2.28. The van der Waals surface area contributed by atoms with E-state index in [9.17, 15) is 9.59 Å². The van der Waals surface area contributed by atoms with Crippen molar-refractivity contribution in [2.45, 2.75) is 6.92 Å². The van der Waals surface area contributed by atoms with Gasteiger partial charge in [0, 0.05) is 21.5 Å². The van der Waals surface area contributed by atoms with Crippen molar-refractivity contribution >= 4 is 34.4 Å². The Labute approximate surface area is 148 Å². The second-order valence-corrected chi connectivity index (χ2v) is 5.77. The van der Waals surface area contributed by atoms with Gasteiger partial charge in [0.1, 0.15) is 11.3 Å². The first kappa shape index (κ1) is 16.9. The predicted octanol–water partition coefficient (Wildman–Crippen LogP) is 3.48. The molecule has 0 fully saturated rings. The quantitative estimate of drug-likeness (QED) is 0.702. The van der Waals surface area contributed by atoms with Crippen LogP contribution in [0.4, 0.5) is 0 Å². The minimum absolute atomic E-state index is 0.120. The molecule has 25 heavy (non-hydrogen) atoms.